The first-order valence-corrected chi connectivity index (χ1v) is 5.24. The molecule has 3 N–H and O–H groups in total. The molecule has 0 saturated carbocycles. The minimum atomic E-state index is -0.624. The molecule has 0 saturated heterocycles. The topological polar surface area (TPSA) is 64.7 Å². The number of halogens is 1. The van der Waals surface area contributed by atoms with E-state index in [9.17, 15) is 9.50 Å². The van der Waals surface area contributed by atoms with E-state index in [4.69, 9.17) is 15.2 Å². The molecule has 0 aromatic heterocycles. The van der Waals surface area contributed by atoms with E-state index in [0.717, 1.165) is 12.8 Å². The molecule has 16 heavy (non-hydrogen) atoms. The Morgan fingerprint density at radius 1 is 1.38 bits per heavy atom. The Morgan fingerprint density at radius 3 is 2.94 bits per heavy atom. The molecule has 0 spiro atoms. The summed E-state index contributed by atoms with van der Waals surface area (Å²) in [6.45, 7) is 0.641. The van der Waals surface area contributed by atoms with Crippen LogP contribution in [0.4, 0.5) is 4.39 Å². The smallest absolute Gasteiger partial charge is 0.231 e. The summed E-state index contributed by atoms with van der Waals surface area (Å²) < 4.78 is 24.0. The van der Waals surface area contributed by atoms with Crippen molar-refractivity contribution in [1.82, 2.24) is 0 Å². The molecule has 88 valence electrons. The number of aromatic hydroxyl groups is 1. The van der Waals surface area contributed by atoms with Crippen LogP contribution in [-0.2, 0) is 6.42 Å². The zero-order chi connectivity index (χ0) is 11.5. The average molecular weight is 227 g/mol. The molecule has 1 aliphatic heterocycles. The van der Waals surface area contributed by atoms with Gasteiger partial charge in [-0.3, -0.25) is 0 Å². The van der Waals surface area contributed by atoms with Crippen LogP contribution in [0.25, 0.3) is 0 Å². The Kier molecular flexibility index (Phi) is 3.14. The van der Waals surface area contributed by atoms with Crippen molar-refractivity contribution in [3.8, 4) is 17.2 Å². The fourth-order valence-electron chi connectivity index (χ4n) is 1.74. The highest BCUT2D eigenvalue weighted by Gasteiger charge is 2.23. The lowest BCUT2D eigenvalue weighted by Gasteiger charge is -2.08. The van der Waals surface area contributed by atoms with Crippen molar-refractivity contribution in [2.24, 2.45) is 5.73 Å². The van der Waals surface area contributed by atoms with Gasteiger partial charge in [0.2, 0.25) is 6.79 Å². The van der Waals surface area contributed by atoms with E-state index in [0.29, 0.717) is 30.0 Å². The third-order valence-electron chi connectivity index (χ3n) is 2.55. The van der Waals surface area contributed by atoms with Gasteiger partial charge in [0.15, 0.2) is 23.1 Å². The Balaban J connectivity index is 2.27. The SMILES string of the molecule is NCCCCc1c(F)c(O)cc2c1OCO2. The summed E-state index contributed by atoms with van der Waals surface area (Å²) in [6, 6.07) is 1.24. The minimum Gasteiger partial charge on any atom is -0.505 e. The molecule has 0 fully saturated rings. The summed E-state index contributed by atoms with van der Waals surface area (Å²) in [4.78, 5) is 0. The number of benzene rings is 1. The molecule has 1 aromatic carbocycles. The van der Waals surface area contributed by atoms with Gasteiger partial charge in [-0.15, -0.1) is 0 Å². The van der Waals surface area contributed by atoms with Gasteiger partial charge in [-0.05, 0) is 25.8 Å². The second-order valence-electron chi connectivity index (χ2n) is 3.67. The minimum absolute atomic E-state index is 0.0715. The number of nitrogens with two attached hydrogens (primary N) is 1. The van der Waals surface area contributed by atoms with Gasteiger partial charge in [-0.25, -0.2) is 4.39 Å². The van der Waals surface area contributed by atoms with Crippen LogP contribution in [0, 0.1) is 5.82 Å². The number of fused-ring (bicyclic) bond motifs is 1. The summed E-state index contributed by atoms with van der Waals surface area (Å²) in [5.74, 6) is -0.206. The molecule has 0 bridgehead atoms. The van der Waals surface area contributed by atoms with E-state index < -0.39 is 11.6 Å². The lowest BCUT2D eigenvalue weighted by Crippen LogP contribution is -2.01. The fraction of sp³-hybridized carbons (Fsp3) is 0.455. The number of phenols is 1. The standard InChI is InChI=1S/C11H14FNO3/c12-10-7(3-1-2-4-13)11-9(5-8(10)14)15-6-16-11/h5,14H,1-4,6,13H2. The molecule has 0 amide bonds. The molecule has 0 unspecified atom stereocenters. The Labute approximate surface area is 92.8 Å². The van der Waals surface area contributed by atoms with E-state index in [1.807, 2.05) is 0 Å². The van der Waals surface area contributed by atoms with Crippen molar-refractivity contribution in [3.05, 3.63) is 17.4 Å². The van der Waals surface area contributed by atoms with Crippen LogP contribution in [0.5, 0.6) is 17.2 Å². The predicted molar refractivity (Wildman–Crippen MR) is 56.2 cm³/mol. The molecule has 5 heteroatoms. The summed E-state index contributed by atoms with van der Waals surface area (Å²) in [7, 11) is 0. The summed E-state index contributed by atoms with van der Waals surface area (Å²) >= 11 is 0. The Hall–Kier alpha value is -1.49. The largest absolute Gasteiger partial charge is 0.505 e. The van der Waals surface area contributed by atoms with Gasteiger partial charge in [-0.2, -0.15) is 0 Å². The van der Waals surface area contributed by atoms with Gasteiger partial charge in [0.1, 0.15) is 0 Å². The highest BCUT2D eigenvalue weighted by molar-refractivity contribution is 5.53. The van der Waals surface area contributed by atoms with Crippen molar-refractivity contribution in [2.75, 3.05) is 13.3 Å². The van der Waals surface area contributed by atoms with E-state index in [1.54, 1.807) is 0 Å². The van der Waals surface area contributed by atoms with Gasteiger partial charge in [-0.1, -0.05) is 0 Å². The lowest BCUT2D eigenvalue weighted by molar-refractivity contribution is 0.173. The van der Waals surface area contributed by atoms with Crippen molar-refractivity contribution in [1.29, 1.82) is 0 Å². The van der Waals surface area contributed by atoms with E-state index in [-0.39, 0.29) is 6.79 Å². The lowest BCUT2D eigenvalue weighted by atomic mass is 10.1. The normalized spacial score (nSPS) is 13.1. The monoisotopic (exact) mass is 227 g/mol. The number of phenolic OH excluding ortho intramolecular Hbond substituents is 1. The van der Waals surface area contributed by atoms with Crippen LogP contribution in [0.1, 0.15) is 18.4 Å². The first-order chi connectivity index (χ1) is 7.74. The first kappa shape index (κ1) is 11.0. The van der Waals surface area contributed by atoms with E-state index in [1.165, 1.54) is 6.07 Å². The molecule has 4 nitrogen and oxygen atoms in total. The van der Waals surface area contributed by atoms with Crippen LogP contribution in [0.3, 0.4) is 0 Å². The zero-order valence-corrected chi connectivity index (χ0v) is 8.83. The highest BCUT2D eigenvalue weighted by Crippen LogP contribution is 2.41. The number of unbranched alkanes of at least 4 members (excludes halogenated alkanes) is 1. The summed E-state index contributed by atoms with van der Waals surface area (Å²) in [5.41, 5.74) is 5.75. The van der Waals surface area contributed by atoms with E-state index >= 15 is 0 Å². The highest BCUT2D eigenvalue weighted by atomic mass is 19.1. The molecule has 2 rings (SSSR count). The molecular weight excluding hydrogens is 213 g/mol. The third kappa shape index (κ3) is 1.90. The van der Waals surface area contributed by atoms with Gasteiger partial charge in [0.05, 0.1) is 0 Å². The molecule has 1 heterocycles. The molecular formula is C11H14FNO3. The van der Waals surface area contributed by atoms with Crippen LogP contribution >= 0.6 is 0 Å². The molecule has 0 aliphatic carbocycles. The van der Waals surface area contributed by atoms with Gasteiger partial charge in [0, 0.05) is 11.6 Å². The van der Waals surface area contributed by atoms with Gasteiger partial charge < -0.3 is 20.3 Å². The van der Waals surface area contributed by atoms with E-state index in [2.05, 4.69) is 0 Å². The molecule has 1 aromatic rings. The third-order valence-corrected chi connectivity index (χ3v) is 2.55. The summed E-state index contributed by atoms with van der Waals surface area (Å²) in [6.07, 6.45) is 2.06. The Bertz CT molecular complexity index is 395. The molecule has 0 atom stereocenters. The quantitative estimate of drug-likeness (QED) is 0.766. The Morgan fingerprint density at radius 2 is 2.19 bits per heavy atom. The summed E-state index contributed by atoms with van der Waals surface area (Å²) in [5, 5.41) is 9.39. The molecule has 0 radical (unpaired) electrons. The van der Waals surface area contributed by atoms with Crippen LogP contribution in [-0.4, -0.2) is 18.4 Å². The maximum absolute atomic E-state index is 13.7. The van der Waals surface area contributed by atoms with Crippen molar-refractivity contribution in [3.63, 3.8) is 0 Å². The average Bonchev–Trinajstić information content (AvgIpc) is 2.71. The maximum Gasteiger partial charge on any atom is 0.231 e. The maximum atomic E-state index is 13.7. The van der Waals surface area contributed by atoms with Crippen molar-refractivity contribution in [2.45, 2.75) is 19.3 Å². The number of hydrogen-bond donors (Lipinski definition) is 2. The van der Waals surface area contributed by atoms with Crippen molar-refractivity contribution < 1.29 is 19.0 Å². The zero-order valence-electron chi connectivity index (χ0n) is 8.83. The van der Waals surface area contributed by atoms with Crippen molar-refractivity contribution >= 4 is 0 Å². The fourth-order valence-corrected chi connectivity index (χ4v) is 1.74. The van der Waals surface area contributed by atoms with Gasteiger partial charge in [0.25, 0.3) is 0 Å². The second kappa shape index (κ2) is 4.57. The predicted octanol–water partition coefficient (Wildman–Crippen LogP) is 1.54. The number of hydrogen-bond acceptors (Lipinski definition) is 4. The van der Waals surface area contributed by atoms with Crippen LogP contribution < -0.4 is 15.2 Å². The molecule has 1 aliphatic rings. The number of ether oxygens (including phenoxy) is 2. The van der Waals surface area contributed by atoms with Gasteiger partial charge >= 0.3 is 0 Å². The first-order valence-electron chi connectivity index (χ1n) is 5.24. The van der Waals surface area contributed by atoms with Crippen LogP contribution in [0.15, 0.2) is 6.07 Å². The van der Waals surface area contributed by atoms with Crippen LogP contribution in [0.2, 0.25) is 0 Å². The number of rotatable bonds is 4. The second-order valence-corrected chi connectivity index (χ2v) is 3.67.